The van der Waals surface area contributed by atoms with Crippen molar-refractivity contribution in [1.29, 1.82) is 0 Å². The summed E-state index contributed by atoms with van der Waals surface area (Å²) in [5.74, 6) is -0.515. The van der Waals surface area contributed by atoms with Gasteiger partial charge in [0.15, 0.2) is 5.60 Å². The van der Waals surface area contributed by atoms with E-state index in [-0.39, 0.29) is 12.2 Å². The molecule has 2 atom stereocenters. The Balaban J connectivity index is 2.47. The molecule has 2 unspecified atom stereocenters. The predicted molar refractivity (Wildman–Crippen MR) is 75.7 cm³/mol. The van der Waals surface area contributed by atoms with Gasteiger partial charge in [0.05, 0.1) is 19.3 Å². The minimum absolute atomic E-state index is 0.262. The molecule has 1 aliphatic rings. The predicted octanol–water partition coefficient (Wildman–Crippen LogP) is 3.18. The minimum atomic E-state index is -1.13. The maximum absolute atomic E-state index is 14.3. The van der Waals surface area contributed by atoms with Gasteiger partial charge in [-0.1, -0.05) is 19.4 Å². The summed E-state index contributed by atoms with van der Waals surface area (Å²) in [5.41, 5.74) is -1.92. The lowest BCUT2D eigenvalue weighted by Crippen LogP contribution is -2.34. The number of carbonyl (C=O) groups excluding carboxylic acids is 1. The van der Waals surface area contributed by atoms with Gasteiger partial charge in [-0.15, -0.1) is 0 Å². The molecule has 116 valence electrons. The number of rotatable bonds is 6. The molecule has 1 heterocycles. The van der Waals surface area contributed by atoms with Gasteiger partial charge in [-0.25, -0.2) is 9.18 Å². The van der Waals surface area contributed by atoms with Crippen LogP contribution in [0.3, 0.4) is 0 Å². The maximum Gasteiger partial charge on any atom is 0.341 e. The molecule has 0 aliphatic carbocycles. The Hall–Kier alpha value is -1.62. The molecule has 0 amide bonds. The topological polar surface area (TPSA) is 48.1 Å². The molecular weight excluding hydrogens is 275 g/mol. The van der Waals surface area contributed by atoms with Crippen molar-refractivity contribution in [3.8, 4) is 5.75 Å². The van der Waals surface area contributed by atoms with Gasteiger partial charge in [0.1, 0.15) is 17.2 Å². The first-order chi connectivity index (χ1) is 9.96. The third kappa shape index (κ3) is 2.29. The van der Waals surface area contributed by atoms with Crippen molar-refractivity contribution in [3.05, 3.63) is 29.6 Å². The number of epoxide rings is 1. The van der Waals surface area contributed by atoms with Gasteiger partial charge in [0.2, 0.25) is 0 Å². The van der Waals surface area contributed by atoms with Gasteiger partial charge in [0, 0.05) is 0 Å². The average molecular weight is 296 g/mol. The van der Waals surface area contributed by atoms with Crippen molar-refractivity contribution in [1.82, 2.24) is 0 Å². The van der Waals surface area contributed by atoms with Crippen LogP contribution in [0, 0.1) is 5.82 Å². The van der Waals surface area contributed by atoms with Crippen LogP contribution in [0.1, 0.15) is 39.2 Å². The molecule has 0 saturated carbocycles. The van der Waals surface area contributed by atoms with Crippen molar-refractivity contribution in [3.63, 3.8) is 0 Å². The van der Waals surface area contributed by atoms with Gasteiger partial charge in [-0.05, 0) is 32.4 Å². The van der Waals surface area contributed by atoms with Crippen molar-refractivity contribution in [2.45, 2.75) is 44.8 Å². The summed E-state index contributed by atoms with van der Waals surface area (Å²) in [5, 5.41) is 0. The maximum atomic E-state index is 14.3. The van der Waals surface area contributed by atoms with Gasteiger partial charge < -0.3 is 14.2 Å². The number of benzene rings is 1. The van der Waals surface area contributed by atoms with Crippen molar-refractivity contribution in [2.75, 3.05) is 13.7 Å². The van der Waals surface area contributed by atoms with Crippen LogP contribution in [0.2, 0.25) is 0 Å². The van der Waals surface area contributed by atoms with Gasteiger partial charge in [-0.3, -0.25) is 0 Å². The zero-order valence-corrected chi connectivity index (χ0v) is 12.9. The first-order valence-electron chi connectivity index (χ1n) is 7.17. The summed E-state index contributed by atoms with van der Waals surface area (Å²) in [6.45, 7) is 5.65. The average Bonchev–Trinajstić information content (AvgIpc) is 3.06. The van der Waals surface area contributed by atoms with E-state index in [2.05, 4.69) is 0 Å². The number of ether oxygens (including phenoxy) is 3. The largest absolute Gasteiger partial charge is 0.496 e. The van der Waals surface area contributed by atoms with Crippen LogP contribution in [-0.2, 0) is 19.9 Å². The Morgan fingerprint density at radius 3 is 2.67 bits per heavy atom. The molecule has 1 fully saturated rings. The van der Waals surface area contributed by atoms with Gasteiger partial charge in [-0.2, -0.15) is 0 Å². The fourth-order valence-electron chi connectivity index (χ4n) is 2.94. The van der Waals surface area contributed by atoms with Crippen LogP contribution < -0.4 is 4.74 Å². The van der Waals surface area contributed by atoms with Crippen LogP contribution >= 0.6 is 0 Å². The molecule has 0 aromatic heterocycles. The Bertz CT molecular complexity index is 545. The molecule has 1 saturated heterocycles. The van der Waals surface area contributed by atoms with E-state index in [1.165, 1.54) is 13.2 Å². The van der Waals surface area contributed by atoms with Crippen LogP contribution in [-0.4, -0.2) is 25.3 Å². The number of hydrogen-bond donors (Lipinski definition) is 0. The van der Waals surface area contributed by atoms with Gasteiger partial charge >= 0.3 is 5.97 Å². The lowest BCUT2D eigenvalue weighted by Gasteiger charge is -2.18. The summed E-state index contributed by atoms with van der Waals surface area (Å²) >= 11 is 0. The standard InChI is InChI=1S/C16H21FO4/c1-5-10-16(14(18)20-6-2)15(3,21-16)13-11(17)8-7-9-12(13)19-4/h7-9H,5-6,10H2,1-4H3. The second kappa shape index (κ2) is 5.64. The highest BCUT2D eigenvalue weighted by molar-refractivity contribution is 5.85. The molecule has 0 N–H and O–H groups in total. The number of esters is 1. The first kappa shape index (κ1) is 15.8. The third-order valence-corrected chi connectivity index (χ3v) is 3.99. The molecule has 0 radical (unpaired) electrons. The smallest absolute Gasteiger partial charge is 0.341 e. The lowest BCUT2D eigenvalue weighted by atomic mass is 9.84. The number of carbonyl (C=O) groups is 1. The normalized spacial score (nSPS) is 27.3. The highest BCUT2D eigenvalue weighted by Crippen LogP contribution is 2.61. The van der Waals surface area contributed by atoms with E-state index < -0.39 is 23.0 Å². The van der Waals surface area contributed by atoms with E-state index in [9.17, 15) is 9.18 Å². The summed E-state index contributed by atoms with van der Waals surface area (Å²) < 4.78 is 30.4. The van der Waals surface area contributed by atoms with Gasteiger partial charge in [0.25, 0.3) is 0 Å². The Morgan fingerprint density at radius 1 is 1.38 bits per heavy atom. The van der Waals surface area contributed by atoms with E-state index >= 15 is 0 Å². The van der Waals surface area contributed by atoms with E-state index in [0.29, 0.717) is 12.2 Å². The monoisotopic (exact) mass is 296 g/mol. The highest BCUT2D eigenvalue weighted by atomic mass is 19.1. The Labute approximate surface area is 124 Å². The number of halogens is 1. The summed E-state index contributed by atoms with van der Waals surface area (Å²) in [7, 11) is 1.47. The molecular formula is C16H21FO4. The van der Waals surface area contributed by atoms with Crippen molar-refractivity contribution in [2.24, 2.45) is 0 Å². The Morgan fingerprint density at radius 2 is 2.10 bits per heavy atom. The minimum Gasteiger partial charge on any atom is -0.496 e. The summed E-state index contributed by atoms with van der Waals surface area (Å²) in [6, 6.07) is 4.56. The molecule has 1 aromatic carbocycles. The second-order valence-electron chi connectivity index (χ2n) is 5.25. The van der Waals surface area contributed by atoms with Crippen molar-refractivity contribution >= 4 is 5.97 Å². The van der Waals surface area contributed by atoms with Crippen LogP contribution in [0.25, 0.3) is 0 Å². The molecule has 1 aliphatic heterocycles. The van der Waals surface area contributed by atoms with Crippen LogP contribution in [0.15, 0.2) is 18.2 Å². The van der Waals surface area contributed by atoms with Crippen molar-refractivity contribution < 1.29 is 23.4 Å². The summed E-state index contributed by atoms with van der Waals surface area (Å²) in [4.78, 5) is 12.3. The van der Waals surface area contributed by atoms with E-state index in [0.717, 1.165) is 6.42 Å². The van der Waals surface area contributed by atoms with E-state index in [1.807, 2.05) is 6.92 Å². The fourth-order valence-corrected chi connectivity index (χ4v) is 2.94. The second-order valence-corrected chi connectivity index (χ2v) is 5.25. The van der Waals surface area contributed by atoms with E-state index in [1.54, 1.807) is 26.0 Å². The first-order valence-corrected chi connectivity index (χ1v) is 7.17. The van der Waals surface area contributed by atoms with Crippen LogP contribution in [0.5, 0.6) is 5.75 Å². The lowest BCUT2D eigenvalue weighted by molar-refractivity contribution is -0.149. The van der Waals surface area contributed by atoms with E-state index in [4.69, 9.17) is 14.2 Å². The Kier molecular flexibility index (Phi) is 4.23. The zero-order valence-electron chi connectivity index (χ0n) is 12.9. The highest BCUT2D eigenvalue weighted by Gasteiger charge is 2.74. The number of methoxy groups -OCH3 is 1. The molecule has 1 aromatic rings. The fraction of sp³-hybridized carbons (Fsp3) is 0.562. The molecule has 0 bridgehead atoms. The number of hydrogen-bond acceptors (Lipinski definition) is 4. The third-order valence-electron chi connectivity index (χ3n) is 3.99. The zero-order chi connectivity index (χ0) is 15.7. The molecule has 5 heteroatoms. The van der Waals surface area contributed by atoms with Crippen LogP contribution in [0.4, 0.5) is 4.39 Å². The quantitative estimate of drug-likeness (QED) is 0.597. The SMILES string of the molecule is CCCC1(C(=O)OCC)OC1(C)c1c(F)cccc1OC. The molecule has 21 heavy (non-hydrogen) atoms. The molecule has 0 spiro atoms. The summed E-state index contributed by atoms with van der Waals surface area (Å²) in [6.07, 6.45) is 1.20. The molecule has 4 nitrogen and oxygen atoms in total. The molecule has 2 rings (SSSR count).